The Kier molecular flexibility index (Phi) is 2.50. The smallest absolute Gasteiger partial charge is 0.204 e. The van der Waals surface area contributed by atoms with Crippen LogP contribution in [-0.2, 0) is 6.54 Å². The van der Waals surface area contributed by atoms with Crippen molar-refractivity contribution in [3.63, 3.8) is 0 Å². The van der Waals surface area contributed by atoms with Crippen LogP contribution in [0.2, 0.25) is 0 Å². The highest BCUT2D eigenvalue weighted by Crippen LogP contribution is 2.01. The first-order chi connectivity index (χ1) is 5.27. The third-order valence-electron chi connectivity index (χ3n) is 1.27. The Morgan fingerprint density at radius 1 is 1.73 bits per heavy atom. The summed E-state index contributed by atoms with van der Waals surface area (Å²) in [4.78, 5) is 1.40. The molecule has 0 spiro atoms. The third kappa shape index (κ3) is 1.72. The SMILES string of the molecule is CCn1nnc(C(O)CN)n1. The summed E-state index contributed by atoms with van der Waals surface area (Å²) in [6.45, 7) is 2.65. The molecule has 1 aromatic heterocycles. The number of nitrogens with two attached hydrogens (primary N) is 1. The highest BCUT2D eigenvalue weighted by atomic mass is 16.3. The average Bonchev–Trinajstić information content (AvgIpc) is 2.50. The van der Waals surface area contributed by atoms with Gasteiger partial charge in [-0.15, -0.1) is 10.2 Å². The lowest BCUT2D eigenvalue weighted by Gasteiger charge is -1.98. The minimum atomic E-state index is -0.796. The number of nitrogens with zero attached hydrogens (tertiary/aromatic N) is 4. The predicted octanol–water partition coefficient (Wildman–Crippen LogP) is -1.31. The van der Waals surface area contributed by atoms with Gasteiger partial charge in [0.25, 0.3) is 0 Å². The average molecular weight is 157 g/mol. The van der Waals surface area contributed by atoms with E-state index in [0.29, 0.717) is 6.54 Å². The molecule has 11 heavy (non-hydrogen) atoms. The molecular formula is C5H11N5O. The fourth-order valence-corrected chi connectivity index (χ4v) is 0.628. The van der Waals surface area contributed by atoms with Crippen LogP contribution < -0.4 is 5.73 Å². The lowest BCUT2D eigenvalue weighted by atomic mass is 10.3. The molecule has 0 aliphatic rings. The van der Waals surface area contributed by atoms with Crippen molar-refractivity contribution >= 4 is 0 Å². The van der Waals surface area contributed by atoms with E-state index in [1.54, 1.807) is 0 Å². The number of rotatable bonds is 3. The van der Waals surface area contributed by atoms with E-state index in [1.165, 1.54) is 4.80 Å². The zero-order chi connectivity index (χ0) is 8.27. The first-order valence-electron chi connectivity index (χ1n) is 3.43. The molecule has 3 N–H and O–H groups in total. The van der Waals surface area contributed by atoms with Crippen LogP contribution in [0, 0.1) is 0 Å². The molecule has 1 aromatic rings. The van der Waals surface area contributed by atoms with Crippen LogP contribution in [0.4, 0.5) is 0 Å². The number of tetrazole rings is 1. The number of aliphatic hydroxyl groups excluding tert-OH is 1. The zero-order valence-corrected chi connectivity index (χ0v) is 6.30. The van der Waals surface area contributed by atoms with E-state index < -0.39 is 6.10 Å². The van der Waals surface area contributed by atoms with Gasteiger partial charge in [0.15, 0.2) is 0 Å². The second-order valence-electron chi connectivity index (χ2n) is 2.09. The second-order valence-corrected chi connectivity index (χ2v) is 2.09. The number of hydrogen-bond donors (Lipinski definition) is 2. The molecule has 6 nitrogen and oxygen atoms in total. The third-order valence-corrected chi connectivity index (χ3v) is 1.27. The van der Waals surface area contributed by atoms with Crippen LogP contribution in [-0.4, -0.2) is 31.9 Å². The topological polar surface area (TPSA) is 89.8 Å². The van der Waals surface area contributed by atoms with Crippen LogP contribution in [0.15, 0.2) is 0 Å². The van der Waals surface area contributed by atoms with Crippen LogP contribution in [0.1, 0.15) is 18.9 Å². The van der Waals surface area contributed by atoms with Gasteiger partial charge in [0.05, 0.1) is 6.54 Å². The molecule has 1 atom stereocenters. The largest absolute Gasteiger partial charge is 0.384 e. The molecule has 0 fully saturated rings. The highest BCUT2D eigenvalue weighted by Gasteiger charge is 2.10. The molecule has 0 bridgehead atoms. The van der Waals surface area contributed by atoms with Gasteiger partial charge in [-0.25, -0.2) is 0 Å². The van der Waals surface area contributed by atoms with Gasteiger partial charge < -0.3 is 10.8 Å². The van der Waals surface area contributed by atoms with Crippen LogP contribution >= 0.6 is 0 Å². The maximum Gasteiger partial charge on any atom is 0.204 e. The first-order valence-corrected chi connectivity index (χ1v) is 3.43. The van der Waals surface area contributed by atoms with E-state index in [2.05, 4.69) is 15.4 Å². The summed E-state index contributed by atoms with van der Waals surface area (Å²) in [5, 5.41) is 20.3. The summed E-state index contributed by atoms with van der Waals surface area (Å²) in [7, 11) is 0. The van der Waals surface area contributed by atoms with Gasteiger partial charge in [0.1, 0.15) is 6.10 Å². The molecule has 0 amide bonds. The minimum absolute atomic E-state index is 0.120. The predicted molar refractivity (Wildman–Crippen MR) is 37.5 cm³/mol. The molecule has 1 heterocycles. The standard InChI is InChI=1S/C5H11N5O/c1-2-10-8-5(7-9-10)4(11)3-6/h4,11H,2-3,6H2,1H3. The van der Waals surface area contributed by atoms with Gasteiger partial charge in [-0.1, -0.05) is 0 Å². The monoisotopic (exact) mass is 157 g/mol. The fraction of sp³-hybridized carbons (Fsp3) is 0.800. The molecule has 1 unspecified atom stereocenters. The normalized spacial score (nSPS) is 13.4. The summed E-state index contributed by atoms with van der Waals surface area (Å²) < 4.78 is 0. The minimum Gasteiger partial charge on any atom is -0.384 e. The Morgan fingerprint density at radius 3 is 2.91 bits per heavy atom. The van der Waals surface area contributed by atoms with Gasteiger partial charge in [-0.3, -0.25) is 0 Å². The van der Waals surface area contributed by atoms with Crippen molar-refractivity contribution in [3.8, 4) is 0 Å². The van der Waals surface area contributed by atoms with Gasteiger partial charge >= 0.3 is 0 Å². The van der Waals surface area contributed by atoms with Crippen LogP contribution in [0.5, 0.6) is 0 Å². The lowest BCUT2D eigenvalue weighted by molar-refractivity contribution is 0.176. The molecule has 62 valence electrons. The van der Waals surface area contributed by atoms with Crippen molar-refractivity contribution in [3.05, 3.63) is 5.82 Å². The number of aryl methyl sites for hydroxylation is 1. The lowest BCUT2D eigenvalue weighted by Crippen LogP contribution is -2.13. The number of aromatic nitrogens is 4. The van der Waals surface area contributed by atoms with Crippen molar-refractivity contribution < 1.29 is 5.11 Å². The van der Waals surface area contributed by atoms with Crippen molar-refractivity contribution in [2.24, 2.45) is 5.73 Å². The van der Waals surface area contributed by atoms with Crippen molar-refractivity contribution in [1.29, 1.82) is 0 Å². The molecule has 0 aliphatic heterocycles. The van der Waals surface area contributed by atoms with Crippen molar-refractivity contribution in [2.45, 2.75) is 19.6 Å². The van der Waals surface area contributed by atoms with E-state index in [4.69, 9.17) is 10.8 Å². The van der Waals surface area contributed by atoms with Crippen LogP contribution in [0.25, 0.3) is 0 Å². The highest BCUT2D eigenvalue weighted by molar-refractivity contribution is 4.83. The van der Waals surface area contributed by atoms with E-state index in [9.17, 15) is 0 Å². The Labute approximate surface area is 64.0 Å². The molecule has 0 radical (unpaired) electrons. The second kappa shape index (κ2) is 3.40. The molecular weight excluding hydrogens is 146 g/mol. The Hall–Kier alpha value is -1.01. The van der Waals surface area contributed by atoms with E-state index >= 15 is 0 Å². The Bertz CT molecular complexity index is 222. The van der Waals surface area contributed by atoms with E-state index in [0.717, 1.165) is 0 Å². The summed E-state index contributed by atoms with van der Waals surface area (Å²) in [5.41, 5.74) is 5.19. The van der Waals surface area contributed by atoms with Gasteiger partial charge in [-0.2, -0.15) is 4.80 Å². The molecule has 0 aliphatic carbocycles. The summed E-state index contributed by atoms with van der Waals surface area (Å²) in [6, 6.07) is 0. The molecule has 1 rings (SSSR count). The van der Waals surface area contributed by atoms with Crippen molar-refractivity contribution in [2.75, 3.05) is 6.54 Å². The molecule has 0 aromatic carbocycles. The van der Waals surface area contributed by atoms with Crippen molar-refractivity contribution in [1.82, 2.24) is 20.2 Å². The van der Waals surface area contributed by atoms with Gasteiger partial charge in [-0.05, 0) is 12.1 Å². The van der Waals surface area contributed by atoms with E-state index in [-0.39, 0.29) is 12.4 Å². The zero-order valence-electron chi connectivity index (χ0n) is 6.30. The fourth-order valence-electron chi connectivity index (χ4n) is 0.628. The number of aliphatic hydroxyl groups is 1. The summed E-state index contributed by atoms with van der Waals surface area (Å²) >= 11 is 0. The van der Waals surface area contributed by atoms with E-state index in [1.807, 2.05) is 6.92 Å². The van der Waals surface area contributed by atoms with Crippen LogP contribution in [0.3, 0.4) is 0 Å². The maximum absolute atomic E-state index is 9.13. The molecule has 0 saturated carbocycles. The maximum atomic E-state index is 9.13. The molecule has 6 heteroatoms. The molecule has 0 saturated heterocycles. The first kappa shape index (κ1) is 8.09. The quantitative estimate of drug-likeness (QED) is 0.568. The summed E-state index contributed by atoms with van der Waals surface area (Å²) in [5.74, 6) is 0.286. The van der Waals surface area contributed by atoms with Gasteiger partial charge in [0.2, 0.25) is 5.82 Å². The van der Waals surface area contributed by atoms with Gasteiger partial charge in [0, 0.05) is 6.54 Å². The number of hydrogen-bond acceptors (Lipinski definition) is 5. The Morgan fingerprint density at radius 2 is 2.45 bits per heavy atom. The Balaban J connectivity index is 2.71. The summed E-state index contributed by atoms with van der Waals surface area (Å²) in [6.07, 6.45) is -0.796.